The largest absolute Gasteiger partial charge is 0.494 e. The van der Waals surface area contributed by atoms with Crippen molar-refractivity contribution >= 4 is 9.84 Å². The Kier molecular flexibility index (Phi) is 7.86. The van der Waals surface area contributed by atoms with E-state index < -0.39 is 32.6 Å². The van der Waals surface area contributed by atoms with Crippen molar-refractivity contribution in [3.63, 3.8) is 0 Å². The number of ether oxygens (including phenoxy) is 3. The maximum atomic E-state index is 13.6. The highest BCUT2D eigenvalue weighted by atomic mass is 32.2. The first-order valence-electron chi connectivity index (χ1n) is 11.6. The van der Waals surface area contributed by atoms with Crippen LogP contribution in [0, 0.1) is 5.82 Å². The van der Waals surface area contributed by atoms with E-state index in [-0.39, 0.29) is 17.5 Å². The van der Waals surface area contributed by atoms with Crippen molar-refractivity contribution in [3.8, 4) is 34.6 Å². The third kappa shape index (κ3) is 5.28. The van der Waals surface area contributed by atoms with Crippen LogP contribution in [0.25, 0.3) is 17.2 Å². The molecule has 0 aliphatic carbocycles. The molecule has 0 fully saturated rings. The molecule has 0 N–H and O–H groups in total. The molecule has 1 aromatic carbocycles. The zero-order valence-corrected chi connectivity index (χ0v) is 22.3. The molecule has 13 heteroatoms. The number of rotatable bonds is 10. The van der Waals surface area contributed by atoms with Gasteiger partial charge in [0.2, 0.25) is 5.88 Å². The second-order valence-electron chi connectivity index (χ2n) is 8.41. The minimum absolute atomic E-state index is 0.117. The van der Waals surface area contributed by atoms with Gasteiger partial charge in [-0.3, -0.25) is 4.57 Å². The molecule has 0 aliphatic heterocycles. The van der Waals surface area contributed by atoms with E-state index in [4.69, 9.17) is 14.2 Å². The lowest BCUT2D eigenvalue weighted by atomic mass is 10.1. The summed E-state index contributed by atoms with van der Waals surface area (Å²) in [5.74, 6) is 0.0766. The fourth-order valence-corrected chi connectivity index (χ4v) is 5.46. The van der Waals surface area contributed by atoms with Gasteiger partial charge in [-0.25, -0.2) is 27.8 Å². The monoisotopic (exact) mass is 542 g/mol. The molecule has 0 radical (unpaired) electrons. The molecule has 4 rings (SSSR count). The molecule has 3 heterocycles. The number of sulfone groups is 1. The van der Waals surface area contributed by atoms with Crippen molar-refractivity contribution in [1.29, 1.82) is 0 Å². The molecule has 0 amide bonds. The summed E-state index contributed by atoms with van der Waals surface area (Å²) >= 11 is 0. The lowest BCUT2D eigenvalue weighted by Crippen LogP contribution is -2.27. The summed E-state index contributed by atoms with van der Waals surface area (Å²) < 4.78 is 58.5. The molecule has 0 saturated carbocycles. The maximum absolute atomic E-state index is 13.6. The van der Waals surface area contributed by atoms with Gasteiger partial charge in [0.05, 0.1) is 39.0 Å². The van der Waals surface area contributed by atoms with Crippen LogP contribution in [0.3, 0.4) is 0 Å². The second kappa shape index (κ2) is 11.1. The molecule has 11 nitrogen and oxygen atoms in total. The van der Waals surface area contributed by atoms with Crippen molar-refractivity contribution < 1.29 is 27.0 Å². The first-order valence-corrected chi connectivity index (χ1v) is 13.3. The van der Waals surface area contributed by atoms with E-state index in [0.717, 1.165) is 12.4 Å². The van der Waals surface area contributed by atoms with E-state index in [1.807, 2.05) is 0 Å². The van der Waals surface area contributed by atoms with Crippen molar-refractivity contribution in [2.45, 2.75) is 30.8 Å². The first kappa shape index (κ1) is 26.9. The zero-order chi connectivity index (χ0) is 27.4. The summed E-state index contributed by atoms with van der Waals surface area (Å²) in [6.45, 7) is 3.23. The normalized spacial score (nSPS) is 13.1. The number of hydrogen-bond acceptors (Lipinski definition) is 10. The predicted octanol–water partition coefficient (Wildman–Crippen LogP) is 3.39. The van der Waals surface area contributed by atoms with E-state index in [9.17, 15) is 12.8 Å². The highest BCUT2D eigenvalue weighted by molar-refractivity contribution is 7.91. The third-order valence-corrected chi connectivity index (χ3v) is 8.37. The van der Waals surface area contributed by atoms with Crippen LogP contribution in [0.1, 0.15) is 31.4 Å². The molecule has 4 aromatic rings. The number of hydrogen-bond donors (Lipinski definition) is 0. The number of aromatic nitrogens is 6. The maximum Gasteiger partial charge on any atom is 0.213 e. The Balaban J connectivity index is 1.84. The average Bonchev–Trinajstić information content (AvgIpc) is 3.34. The highest BCUT2D eigenvalue weighted by Crippen LogP contribution is 2.37. The van der Waals surface area contributed by atoms with Crippen molar-refractivity contribution in [2.75, 3.05) is 21.3 Å². The van der Waals surface area contributed by atoms with E-state index in [1.54, 1.807) is 54.8 Å². The minimum Gasteiger partial charge on any atom is -0.494 e. The van der Waals surface area contributed by atoms with Gasteiger partial charge in [0.1, 0.15) is 34.5 Å². The third-order valence-electron chi connectivity index (χ3n) is 6.17. The van der Waals surface area contributed by atoms with Crippen molar-refractivity contribution in [3.05, 3.63) is 66.3 Å². The van der Waals surface area contributed by atoms with Gasteiger partial charge in [-0.15, -0.1) is 10.2 Å². The van der Waals surface area contributed by atoms with Gasteiger partial charge in [0.25, 0.3) is 0 Å². The Labute approximate surface area is 219 Å². The van der Waals surface area contributed by atoms with Crippen LogP contribution in [0.15, 0.2) is 48.8 Å². The van der Waals surface area contributed by atoms with Crippen molar-refractivity contribution in [1.82, 2.24) is 29.7 Å². The molecule has 0 bridgehead atoms. The van der Waals surface area contributed by atoms with Gasteiger partial charge < -0.3 is 14.2 Å². The Morgan fingerprint density at radius 2 is 1.55 bits per heavy atom. The summed E-state index contributed by atoms with van der Waals surface area (Å²) in [5, 5.41) is 7.63. The molecular formula is C25H27FN6O5S. The van der Waals surface area contributed by atoms with Gasteiger partial charge in [0.15, 0.2) is 27.3 Å². The quantitative estimate of drug-likeness (QED) is 0.294. The number of halogens is 1. The zero-order valence-electron chi connectivity index (χ0n) is 21.5. The minimum atomic E-state index is -3.85. The Morgan fingerprint density at radius 3 is 2.16 bits per heavy atom. The number of benzene rings is 1. The van der Waals surface area contributed by atoms with Crippen LogP contribution in [0.5, 0.6) is 17.4 Å². The topological polar surface area (TPSA) is 131 Å². The SMILES string of the molecule is COc1cccc(-c2nnc(CS(=O)(=O)[C@H](C)[C@@H](C)c3ncc(F)cn3)n2-c2c(OC)cccc2OC)n1. The predicted molar refractivity (Wildman–Crippen MR) is 137 cm³/mol. The van der Waals surface area contributed by atoms with E-state index in [1.165, 1.54) is 21.3 Å². The standard InChI is InChI=1S/C25H27FN6O5S/c1-15(24-27-12-17(26)13-28-24)16(2)38(33,34)14-21-30-31-25(18-8-6-11-22(29-18)37-5)32(21)23-19(35-3)9-7-10-20(23)36-4/h6-13,15-16H,14H2,1-5H3/t15-,16-/m1/s1. The molecule has 38 heavy (non-hydrogen) atoms. The van der Waals surface area contributed by atoms with Crippen LogP contribution in [-0.4, -0.2) is 64.7 Å². The van der Waals surface area contributed by atoms with Gasteiger partial charge in [-0.2, -0.15) is 0 Å². The fraction of sp³-hybridized carbons (Fsp3) is 0.320. The fourth-order valence-electron chi connectivity index (χ4n) is 3.91. The van der Waals surface area contributed by atoms with Crippen LogP contribution in [0.4, 0.5) is 4.39 Å². The molecular weight excluding hydrogens is 515 g/mol. The Morgan fingerprint density at radius 1 is 0.921 bits per heavy atom. The van der Waals surface area contributed by atoms with E-state index >= 15 is 0 Å². The van der Waals surface area contributed by atoms with Gasteiger partial charge in [-0.05, 0) is 25.1 Å². The first-order chi connectivity index (χ1) is 18.2. The molecule has 0 unspecified atom stereocenters. The molecule has 200 valence electrons. The van der Waals surface area contributed by atoms with E-state index in [0.29, 0.717) is 28.8 Å². The smallest absolute Gasteiger partial charge is 0.213 e. The number of nitrogens with zero attached hydrogens (tertiary/aromatic N) is 6. The highest BCUT2D eigenvalue weighted by Gasteiger charge is 2.33. The summed E-state index contributed by atoms with van der Waals surface area (Å²) in [6.07, 6.45) is 2.02. The van der Waals surface area contributed by atoms with Crippen LogP contribution < -0.4 is 14.2 Å². The van der Waals surface area contributed by atoms with Gasteiger partial charge >= 0.3 is 0 Å². The summed E-state index contributed by atoms with van der Waals surface area (Å²) in [4.78, 5) is 12.4. The second-order valence-corrected chi connectivity index (χ2v) is 10.8. The summed E-state index contributed by atoms with van der Waals surface area (Å²) in [7, 11) is 0.636. The summed E-state index contributed by atoms with van der Waals surface area (Å²) in [6, 6.07) is 10.3. The Hall–Kier alpha value is -4.13. The van der Waals surface area contributed by atoms with E-state index in [2.05, 4.69) is 25.1 Å². The molecule has 0 spiro atoms. The van der Waals surface area contributed by atoms with Crippen LogP contribution in [-0.2, 0) is 15.6 Å². The number of methoxy groups -OCH3 is 3. The Bertz CT molecular complexity index is 1510. The molecule has 0 saturated heterocycles. The molecule has 3 aromatic heterocycles. The van der Waals surface area contributed by atoms with Crippen LogP contribution in [0.2, 0.25) is 0 Å². The average molecular weight is 543 g/mol. The molecule has 2 atom stereocenters. The molecule has 0 aliphatic rings. The van der Waals surface area contributed by atoms with Crippen molar-refractivity contribution in [2.24, 2.45) is 0 Å². The van der Waals surface area contributed by atoms with Crippen LogP contribution >= 0.6 is 0 Å². The summed E-state index contributed by atoms with van der Waals surface area (Å²) in [5.41, 5.74) is 0.810. The number of pyridine rings is 1. The van der Waals surface area contributed by atoms with Gasteiger partial charge in [-0.1, -0.05) is 19.1 Å². The lowest BCUT2D eigenvalue weighted by molar-refractivity contribution is 0.390. The lowest BCUT2D eigenvalue weighted by Gasteiger charge is -2.20. The van der Waals surface area contributed by atoms with Gasteiger partial charge in [0, 0.05) is 12.0 Å². The number of para-hydroxylation sites is 1.